The predicted molar refractivity (Wildman–Crippen MR) is 79.2 cm³/mol. The van der Waals surface area contributed by atoms with Crippen LogP contribution in [0.2, 0.25) is 0 Å². The maximum Gasteiger partial charge on any atom is 0.225 e. The fourth-order valence-corrected chi connectivity index (χ4v) is 3.41. The number of nitrogens with zero attached hydrogens (tertiary/aromatic N) is 5. The molecule has 0 amide bonds. The molecule has 0 aliphatic heterocycles. The van der Waals surface area contributed by atoms with Crippen LogP contribution in [0.15, 0.2) is 15.7 Å². The molecule has 3 heterocycles. The van der Waals surface area contributed by atoms with Crippen LogP contribution < -0.4 is 5.32 Å². The van der Waals surface area contributed by atoms with Crippen LogP contribution >= 0.6 is 23.1 Å². The van der Waals surface area contributed by atoms with E-state index in [1.165, 1.54) is 11.8 Å². The molecule has 0 unspecified atom stereocenters. The second kappa shape index (κ2) is 5.71. The van der Waals surface area contributed by atoms with Gasteiger partial charge in [0.15, 0.2) is 9.99 Å². The van der Waals surface area contributed by atoms with Crippen molar-refractivity contribution in [2.45, 2.75) is 29.6 Å². The molecule has 0 aliphatic rings. The van der Waals surface area contributed by atoms with E-state index in [0.717, 1.165) is 32.9 Å². The van der Waals surface area contributed by atoms with Crippen LogP contribution in [0.25, 0.3) is 11.2 Å². The average Bonchev–Trinajstić information content (AvgIpc) is 3.05. The molecule has 0 spiro atoms. The van der Waals surface area contributed by atoms with Gasteiger partial charge in [0.25, 0.3) is 0 Å². The Morgan fingerprint density at radius 1 is 1.35 bits per heavy atom. The third kappa shape index (κ3) is 2.73. The number of hydrogen-bond acceptors (Lipinski definition) is 8. The highest BCUT2D eigenvalue weighted by atomic mass is 32.2. The zero-order chi connectivity index (χ0) is 13.9. The Morgan fingerprint density at radius 3 is 3.00 bits per heavy atom. The Kier molecular flexibility index (Phi) is 3.79. The molecule has 3 rings (SSSR count). The summed E-state index contributed by atoms with van der Waals surface area (Å²) in [7, 11) is 0. The van der Waals surface area contributed by atoms with Crippen molar-refractivity contribution in [3.05, 3.63) is 11.3 Å². The number of aromatic nitrogens is 6. The molecule has 2 N–H and O–H groups in total. The molecule has 0 aliphatic carbocycles. The van der Waals surface area contributed by atoms with Gasteiger partial charge in [0.1, 0.15) is 15.6 Å². The molecule has 0 fully saturated rings. The minimum absolute atomic E-state index is 0.593. The molecule has 0 radical (unpaired) electrons. The first-order chi connectivity index (χ1) is 9.76. The number of nitrogens with one attached hydrogen (secondary N) is 2. The van der Waals surface area contributed by atoms with Crippen molar-refractivity contribution < 1.29 is 0 Å². The quantitative estimate of drug-likeness (QED) is 0.699. The molecule has 0 aromatic carbocycles. The monoisotopic (exact) mass is 307 g/mol. The molecule has 3 aromatic heterocycles. The van der Waals surface area contributed by atoms with Crippen molar-refractivity contribution in [2.75, 3.05) is 11.9 Å². The van der Waals surface area contributed by atoms with Gasteiger partial charge in [-0.2, -0.15) is 4.98 Å². The number of imidazole rings is 1. The molecule has 9 heteroatoms. The van der Waals surface area contributed by atoms with E-state index < -0.39 is 0 Å². The van der Waals surface area contributed by atoms with Gasteiger partial charge in [-0.25, -0.2) is 9.97 Å². The number of fused-ring (bicyclic) bond motifs is 1. The Balaban J connectivity index is 1.96. The van der Waals surface area contributed by atoms with E-state index in [4.69, 9.17) is 0 Å². The van der Waals surface area contributed by atoms with Crippen LogP contribution in [0.1, 0.15) is 18.4 Å². The molecule has 104 valence electrons. The van der Waals surface area contributed by atoms with E-state index in [9.17, 15) is 0 Å². The molecule has 7 nitrogen and oxygen atoms in total. The van der Waals surface area contributed by atoms with Crippen molar-refractivity contribution in [3.8, 4) is 0 Å². The molecule has 0 saturated heterocycles. The van der Waals surface area contributed by atoms with E-state index in [0.29, 0.717) is 11.6 Å². The third-order valence-electron chi connectivity index (χ3n) is 2.48. The minimum Gasteiger partial charge on any atom is -0.354 e. The molecule has 20 heavy (non-hydrogen) atoms. The third-order valence-corrected chi connectivity index (χ3v) is 4.36. The molecule has 3 aromatic rings. The normalized spacial score (nSPS) is 11.1. The second-order valence-corrected chi connectivity index (χ2v) is 6.49. The van der Waals surface area contributed by atoms with Crippen LogP contribution in [0, 0.1) is 6.92 Å². The fourth-order valence-electron chi connectivity index (χ4n) is 1.60. The number of hydrogen-bond donors (Lipinski definition) is 2. The van der Waals surface area contributed by atoms with Gasteiger partial charge < -0.3 is 10.3 Å². The Bertz CT molecular complexity index is 720. The number of rotatable bonds is 5. The lowest BCUT2D eigenvalue weighted by Crippen LogP contribution is -2.05. The van der Waals surface area contributed by atoms with Gasteiger partial charge in [-0.1, -0.05) is 18.3 Å². The van der Waals surface area contributed by atoms with Gasteiger partial charge in [-0.3, -0.25) is 0 Å². The zero-order valence-electron chi connectivity index (χ0n) is 11.0. The summed E-state index contributed by atoms with van der Waals surface area (Å²) in [6.45, 7) is 4.86. The lowest BCUT2D eigenvalue weighted by Gasteiger charge is -2.05. The van der Waals surface area contributed by atoms with Gasteiger partial charge in [-0.15, -0.1) is 10.2 Å². The summed E-state index contributed by atoms with van der Waals surface area (Å²) in [5.41, 5.74) is 1.48. The van der Waals surface area contributed by atoms with Crippen molar-refractivity contribution in [1.82, 2.24) is 30.1 Å². The van der Waals surface area contributed by atoms with Crippen molar-refractivity contribution >= 4 is 40.2 Å². The van der Waals surface area contributed by atoms with Crippen LogP contribution in [0.4, 0.5) is 5.95 Å². The van der Waals surface area contributed by atoms with Gasteiger partial charge in [0, 0.05) is 6.54 Å². The van der Waals surface area contributed by atoms with Crippen LogP contribution in [-0.4, -0.2) is 36.7 Å². The predicted octanol–water partition coefficient (Wildman–Crippen LogP) is 2.49. The van der Waals surface area contributed by atoms with Crippen LogP contribution in [0.5, 0.6) is 0 Å². The molecular weight excluding hydrogens is 294 g/mol. The zero-order valence-corrected chi connectivity index (χ0v) is 12.7. The number of H-pyrrole nitrogens is 1. The Hall–Kier alpha value is -1.74. The van der Waals surface area contributed by atoms with Crippen molar-refractivity contribution in [1.29, 1.82) is 0 Å². The first-order valence-electron chi connectivity index (χ1n) is 6.19. The van der Waals surface area contributed by atoms with E-state index in [-0.39, 0.29) is 0 Å². The Labute approximate surface area is 123 Å². The molecule has 0 saturated carbocycles. The average molecular weight is 307 g/mol. The van der Waals surface area contributed by atoms with Gasteiger partial charge in [-0.05, 0) is 25.1 Å². The highest BCUT2D eigenvalue weighted by molar-refractivity contribution is 8.01. The van der Waals surface area contributed by atoms with Crippen LogP contribution in [0.3, 0.4) is 0 Å². The summed E-state index contributed by atoms with van der Waals surface area (Å²) < 4.78 is 0.860. The van der Waals surface area contributed by atoms with E-state index in [2.05, 4.69) is 42.4 Å². The van der Waals surface area contributed by atoms with Gasteiger partial charge in [0.2, 0.25) is 5.95 Å². The van der Waals surface area contributed by atoms with Crippen molar-refractivity contribution in [3.63, 3.8) is 0 Å². The summed E-state index contributed by atoms with van der Waals surface area (Å²) in [6, 6.07) is 0. The van der Waals surface area contributed by atoms with E-state index >= 15 is 0 Å². The van der Waals surface area contributed by atoms with Crippen LogP contribution in [-0.2, 0) is 0 Å². The maximum atomic E-state index is 4.52. The first kappa shape index (κ1) is 13.3. The van der Waals surface area contributed by atoms with E-state index in [1.54, 1.807) is 17.7 Å². The summed E-state index contributed by atoms with van der Waals surface area (Å²) in [4.78, 5) is 16.2. The van der Waals surface area contributed by atoms with E-state index in [1.807, 2.05) is 6.92 Å². The smallest absolute Gasteiger partial charge is 0.225 e. The minimum atomic E-state index is 0.593. The Morgan fingerprint density at radius 2 is 2.25 bits per heavy atom. The second-order valence-electron chi connectivity index (χ2n) is 4.07. The highest BCUT2D eigenvalue weighted by Crippen LogP contribution is 2.32. The lowest BCUT2D eigenvalue weighted by molar-refractivity contribution is 0.942. The summed E-state index contributed by atoms with van der Waals surface area (Å²) in [5.74, 6) is 0.593. The summed E-state index contributed by atoms with van der Waals surface area (Å²) in [6.07, 6.45) is 2.64. The molecular formula is C11H13N7S2. The van der Waals surface area contributed by atoms with Crippen molar-refractivity contribution in [2.24, 2.45) is 0 Å². The lowest BCUT2D eigenvalue weighted by atomic mass is 10.5. The molecule has 0 atom stereocenters. The van der Waals surface area contributed by atoms with Gasteiger partial charge in [0.05, 0.1) is 6.33 Å². The summed E-state index contributed by atoms with van der Waals surface area (Å²) in [5, 5.41) is 13.1. The number of anilines is 1. The molecule has 0 bridgehead atoms. The summed E-state index contributed by atoms with van der Waals surface area (Å²) >= 11 is 3.02. The largest absolute Gasteiger partial charge is 0.354 e. The number of aromatic amines is 1. The maximum absolute atomic E-state index is 4.52. The highest BCUT2D eigenvalue weighted by Gasteiger charge is 2.13. The fraction of sp³-hybridized carbons (Fsp3) is 0.364. The standard InChI is InChI=1S/C11H13N7S2/c1-3-4-12-10-15-8-7(13-5-14-8)9(16-10)20-11-18-17-6(2)19-11/h5H,3-4H2,1-2H3,(H2,12,13,14,15,16). The number of aryl methyl sites for hydroxylation is 1. The van der Waals surface area contributed by atoms with Gasteiger partial charge >= 0.3 is 0 Å². The SMILES string of the molecule is CCCNc1nc(Sc2nnc(C)s2)c2[nH]cnc2n1. The first-order valence-corrected chi connectivity index (χ1v) is 7.82. The topological polar surface area (TPSA) is 92.3 Å².